The van der Waals surface area contributed by atoms with Crippen LogP contribution in [-0.2, 0) is 11.2 Å². The van der Waals surface area contributed by atoms with Gasteiger partial charge in [0.2, 0.25) is 5.91 Å². The Bertz CT molecular complexity index is 922. The van der Waals surface area contributed by atoms with Gasteiger partial charge >= 0.3 is 0 Å². The van der Waals surface area contributed by atoms with Crippen molar-refractivity contribution in [1.29, 1.82) is 0 Å². The van der Waals surface area contributed by atoms with Crippen LogP contribution in [0.1, 0.15) is 54.8 Å². The van der Waals surface area contributed by atoms with Crippen LogP contribution in [0.5, 0.6) is 11.5 Å². The summed E-state index contributed by atoms with van der Waals surface area (Å²) in [6.45, 7) is 0.521. The van der Waals surface area contributed by atoms with E-state index >= 15 is 4.39 Å². The molecule has 0 aromatic heterocycles. The Morgan fingerprint density at radius 2 is 1.80 bits per heavy atom. The zero-order chi connectivity index (χ0) is 21.3. The molecule has 2 aromatic rings. The van der Waals surface area contributed by atoms with Crippen molar-refractivity contribution >= 4 is 17.5 Å². The van der Waals surface area contributed by atoms with Crippen molar-refractivity contribution in [3.63, 3.8) is 0 Å². The maximum Gasteiger partial charge on any atom is 0.226 e. The highest BCUT2D eigenvalue weighted by atomic mass is 35.5. The summed E-state index contributed by atoms with van der Waals surface area (Å²) >= 11 is 6.48. The van der Waals surface area contributed by atoms with Gasteiger partial charge in [0.1, 0.15) is 5.82 Å². The van der Waals surface area contributed by atoms with Gasteiger partial charge in [0.15, 0.2) is 11.5 Å². The maximum absolute atomic E-state index is 15.1. The number of ether oxygens (including phenoxy) is 2. The second kappa shape index (κ2) is 8.84. The highest BCUT2D eigenvalue weighted by Gasteiger charge is 2.38. The molecule has 0 radical (unpaired) electrons. The molecule has 0 bridgehead atoms. The minimum atomic E-state index is -0.586. The smallest absolute Gasteiger partial charge is 0.226 e. The Morgan fingerprint density at radius 3 is 2.47 bits per heavy atom. The predicted octanol–water partition coefficient (Wildman–Crippen LogP) is 5.55. The molecule has 4 rings (SSSR count). The van der Waals surface area contributed by atoms with Gasteiger partial charge in [0.05, 0.1) is 20.3 Å². The van der Waals surface area contributed by atoms with Crippen LogP contribution < -0.4 is 9.47 Å². The molecule has 1 heterocycles. The Kier molecular flexibility index (Phi) is 6.19. The molecule has 1 saturated carbocycles. The number of amides is 1. The quantitative estimate of drug-likeness (QED) is 0.637. The largest absolute Gasteiger partial charge is 0.493 e. The van der Waals surface area contributed by atoms with E-state index in [1.807, 2.05) is 17.0 Å². The van der Waals surface area contributed by atoms with Gasteiger partial charge in [-0.2, -0.15) is 0 Å². The fraction of sp³-hybridized carbons (Fsp3) is 0.458. The van der Waals surface area contributed by atoms with E-state index < -0.39 is 11.9 Å². The number of fused-ring (bicyclic) bond motifs is 1. The Labute approximate surface area is 181 Å². The summed E-state index contributed by atoms with van der Waals surface area (Å²) in [7, 11) is 3.17. The number of benzene rings is 2. The normalized spacial score (nSPS) is 19.3. The van der Waals surface area contributed by atoms with Crippen molar-refractivity contribution in [2.45, 2.75) is 44.6 Å². The molecule has 1 amide bonds. The summed E-state index contributed by atoms with van der Waals surface area (Å²) in [4.78, 5) is 15.4. The number of carbonyl (C=O) groups is 1. The molecular weight excluding hydrogens is 405 g/mol. The lowest BCUT2D eigenvalue weighted by molar-refractivity contribution is -0.138. The van der Waals surface area contributed by atoms with E-state index in [0.29, 0.717) is 35.1 Å². The van der Waals surface area contributed by atoms with Crippen molar-refractivity contribution in [1.82, 2.24) is 4.90 Å². The second-order valence-electron chi connectivity index (χ2n) is 8.06. The zero-order valence-corrected chi connectivity index (χ0v) is 18.2. The van der Waals surface area contributed by atoms with E-state index in [1.165, 1.54) is 12.5 Å². The number of methoxy groups -OCH3 is 2. The molecule has 1 aliphatic heterocycles. The lowest BCUT2D eigenvalue weighted by atomic mass is 9.83. The van der Waals surface area contributed by atoms with Gasteiger partial charge in [-0.05, 0) is 54.7 Å². The summed E-state index contributed by atoms with van der Waals surface area (Å²) in [6, 6.07) is 7.88. The Hall–Kier alpha value is -2.27. The van der Waals surface area contributed by atoms with Gasteiger partial charge in [-0.25, -0.2) is 4.39 Å². The van der Waals surface area contributed by atoms with Crippen LogP contribution in [0.3, 0.4) is 0 Å². The van der Waals surface area contributed by atoms with Crippen molar-refractivity contribution in [2.75, 3.05) is 20.8 Å². The van der Waals surface area contributed by atoms with Crippen LogP contribution in [0.4, 0.5) is 4.39 Å². The van der Waals surface area contributed by atoms with E-state index in [4.69, 9.17) is 21.1 Å². The van der Waals surface area contributed by atoms with Crippen LogP contribution in [0.15, 0.2) is 30.3 Å². The van der Waals surface area contributed by atoms with Crippen molar-refractivity contribution in [3.05, 3.63) is 57.9 Å². The molecule has 0 spiro atoms. The van der Waals surface area contributed by atoms with Gasteiger partial charge in [-0.1, -0.05) is 36.9 Å². The first kappa shape index (κ1) is 21.0. The summed E-state index contributed by atoms with van der Waals surface area (Å²) in [5.74, 6) is 0.867. The number of rotatable bonds is 4. The topological polar surface area (TPSA) is 38.8 Å². The van der Waals surface area contributed by atoms with E-state index in [0.717, 1.165) is 36.8 Å². The molecule has 2 aromatic carbocycles. The highest BCUT2D eigenvalue weighted by Crippen LogP contribution is 2.44. The van der Waals surface area contributed by atoms with Crippen LogP contribution >= 0.6 is 11.6 Å². The van der Waals surface area contributed by atoms with Gasteiger partial charge in [0.25, 0.3) is 0 Å². The van der Waals surface area contributed by atoms with E-state index in [1.54, 1.807) is 26.4 Å². The monoisotopic (exact) mass is 431 g/mol. The summed E-state index contributed by atoms with van der Waals surface area (Å²) in [5.41, 5.74) is 2.20. The number of hydrogen-bond acceptors (Lipinski definition) is 3. The lowest BCUT2D eigenvalue weighted by Gasteiger charge is -2.40. The van der Waals surface area contributed by atoms with Gasteiger partial charge in [-0.15, -0.1) is 0 Å². The minimum Gasteiger partial charge on any atom is -0.493 e. The van der Waals surface area contributed by atoms with Crippen molar-refractivity contribution in [2.24, 2.45) is 5.92 Å². The van der Waals surface area contributed by atoms with E-state index in [-0.39, 0.29) is 11.8 Å². The standard InChI is InChI=1S/C24H27ClFNO3/c1-29-20-13-16-11-12-27(24(28)15-7-4-3-5-8-15)23(17(16)14-21(20)30-2)22-18(25)9-6-10-19(22)26/h6,9-10,13-15,23H,3-5,7-8,11-12H2,1-2H3/t23-/m0/s1. The second-order valence-corrected chi connectivity index (χ2v) is 8.47. The third-order valence-corrected chi connectivity index (χ3v) is 6.71. The van der Waals surface area contributed by atoms with Crippen LogP contribution in [-0.4, -0.2) is 31.6 Å². The molecule has 2 aliphatic rings. The van der Waals surface area contributed by atoms with Crippen LogP contribution in [0, 0.1) is 11.7 Å². The van der Waals surface area contributed by atoms with E-state index in [9.17, 15) is 4.79 Å². The number of carbonyl (C=O) groups excluding carboxylic acids is 1. The summed E-state index contributed by atoms with van der Waals surface area (Å²) in [6.07, 6.45) is 5.77. The number of nitrogens with zero attached hydrogens (tertiary/aromatic N) is 1. The van der Waals surface area contributed by atoms with E-state index in [2.05, 4.69) is 0 Å². The Morgan fingerprint density at radius 1 is 1.10 bits per heavy atom. The van der Waals surface area contributed by atoms with Gasteiger partial charge in [0, 0.05) is 23.0 Å². The average molecular weight is 432 g/mol. The number of halogens is 2. The summed E-state index contributed by atoms with van der Waals surface area (Å²) < 4.78 is 26.0. The molecule has 30 heavy (non-hydrogen) atoms. The first-order valence-corrected chi connectivity index (χ1v) is 10.9. The molecule has 6 heteroatoms. The lowest BCUT2D eigenvalue weighted by Crippen LogP contribution is -2.44. The van der Waals surface area contributed by atoms with Crippen LogP contribution in [0.2, 0.25) is 5.02 Å². The molecular formula is C24H27ClFNO3. The first-order valence-electron chi connectivity index (χ1n) is 10.5. The minimum absolute atomic E-state index is 0.00603. The van der Waals surface area contributed by atoms with Gasteiger partial charge in [-0.3, -0.25) is 4.79 Å². The van der Waals surface area contributed by atoms with Gasteiger partial charge < -0.3 is 14.4 Å². The average Bonchev–Trinajstić information content (AvgIpc) is 2.78. The third kappa shape index (κ3) is 3.76. The molecule has 1 atom stereocenters. The third-order valence-electron chi connectivity index (χ3n) is 6.38. The predicted molar refractivity (Wildman–Crippen MR) is 115 cm³/mol. The fourth-order valence-corrected chi connectivity index (χ4v) is 5.12. The number of hydrogen-bond donors (Lipinski definition) is 0. The zero-order valence-electron chi connectivity index (χ0n) is 17.4. The molecule has 160 valence electrons. The molecule has 1 aliphatic carbocycles. The van der Waals surface area contributed by atoms with Crippen LogP contribution in [0.25, 0.3) is 0 Å². The summed E-state index contributed by atoms with van der Waals surface area (Å²) in [5, 5.41) is 0.323. The fourth-order valence-electron chi connectivity index (χ4n) is 4.85. The first-order chi connectivity index (χ1) is 14.5. The maximum atomic E-state index is 15.1. The van der Waals surface area contributed by atoms with Crippen molar-refractivity contribution in [3.8, 4) is 11.5 Å². The SMILES string of the molecule is COc1cc2c(cc1OC)[C@@H](c1c(F)cccc1Cl)N(C(=O)C1CCCCC1)CC2. The molecule has 0 saturated heterocycles. The van der Waals surface area contributed by atoms with Crippen molar-refractivity contribution < 1.29 is 18.7 Å². The molecule has 0 unspecified atom stereocenters. The Balaban J connectivity index is 1.85. The molecule has 0 N–H and O–H groups in total. The highest BCUT2D eigenvalue weighted by molar-refractivity contribution is 6.31. The molecule has 1 fully saturated rings. The molecule has 4 nitrogen and oxygen atoms in total.